The zero-order valence-electron chi connectivity index (χ0n) is 11.5. The highest BCUT2D eigenvalue weighted by Gasteiger charge is 2.11. The van der Waals surface area contributed by atoms with Gasteiger partial charge in [0.25, 0.3) is 0 Å². The van der Waals surface area contributed by atoms with E-state index in [2.05, 4.69) is 17.2 Å². The molecule has 1 N–H and O–H groups in total. The molecule has 1 atom stereocenters. The molecule has 0 radical (unpaired) electrons. The Morgan fingerprint density at radius 3 is 2.80 bits per heavy atom. The van der Waals surface area contributed by atoms with Gasteiger partial charge in [0.2, 0.25) is 0 Å². The second-order valence-electron chi connectivity index (χ2n) is 4.59. The zero-order chi connectivity index (χ0) is 14.2. The normalized spacial score (nSPS) is 12.3. The number of halogens is 1. The van der Waals surface area contributed by atoms with Crippen molar-refractivity contribution in [1.82, 2.24) is 10.3 Å². The van der Waals surface area contributed by atoms with Crippen molar-refractivity contribution in [3.8, 4) is 5.75 Å². The summed E-state index contributed by atoms with van der Waals surface area (Å²) in [6.07, 6.45) is 3.98. The molecule has 0 aliphatic heterocycles. The van der Waals surface area contributed by atoms with Gasteiger partial charge in [-0.2, -0.15) is 0 Å². The average Bonchev–Trinajstić information content (AvgIpc) is 2.96. The fourth-order valence-electron chi connectivity index (χ4n) is 1.85. The van der Waals surface area contributed by atoms with Crippen molar-refractivity contribution in [2.45, 2.75) is 25.8 Å². The van der Waals surface area contributed by atoms with E-state index in [4.69, 9.17) is 16.3 Å². The molecule has 1 aromatic heterocycles. The lowest BCUT2D eigenvalue weighted by atomic mass is 10.2. The van der Waals surface area contributed by atoms with Crippen molar-refractivity contribution in [1.29, 1.82) is 0 Å². The standard InChI is InChI=1S/C15H19ClN2OS/c1-2-7-18-13(8-15-9-17-11-20-15)10-19-14-5-3-12(16)4-6-14/h3-6,9,11,13,18H,2,7-8,10H2,1H3. The van der Waals surface area contributed by atoms with Crippen LogP contribution in [-0.2, 0) is 6.42 Å². The Balaban J connectivity index is 1.87. The van der Waals surface area contributed by atoms with Gasteiger partial charge in [0.15, 0.2) is 0 Å². The maximum absolute atomic E-state index is 5.86. The van der Waals surface area contributed by atoms with Crippen LogP contribution in [0.15, 0.2) is 36.0 Å². The van der Waals surface area contributed by atoms with Crippen molar-refractivity contribution < 1.29 is 4.74 Å². The first-order chi connectivity index (χ1) is 9.78. The molecule has 0 amide bonds. The predicted molar refractivity (Wildman–Crippen MR) is 84.8 cm³/mol. The van der Waals surface area contributed by atoms with Crippen molar-refractivity contribution in [2.75, 3.05) is 13.2 Å². The maximum Gasteiger partial charge on any atom is 0.119 e. The van der Waals surface area contributed by atoms with E-state index < -0.39 is 0 Å². The van der Waals surface area contributed by atoms with Gasteiger partial charge in [0.1, 0.15) is 12.4 Å². The van der Waals surface area contributed by atoms with Crippen LogP contribution in [0.2, 0.25) is 5.02 Å². The largest absolute Gasteiger partial charge is 0.492 e. The summed E-state index contributed by atoms with van der Waals surface area (Å²) >= 11 is 7.55. The lowest BCUT2D eigenvalue weighted by Crippen LogP contribution is -2.36. The molecule has 2 rings (SSSR count). The minimum absolute atomic E-state index is 0.297. The minimum atomic E-state index is 0.297. The monoisotopic (exact) mass is 310 g/mol. The average molecular weight is 311 g/mol. The van der Waals surface area contributed by atoms with E-state index in [0.29, 0.717) is 12.6 Å². The first kappa shape index (κ1) is 15.3. The summed E-state index contributed by atoms with van der Waals surface area (Å²) in [6.45, 7) is 3.80. The van der Waals surface area contributed by atoms with Gasteiger partial charge in [-0.15, -0.1) is 11.3 Å². The summed E-state index contributed by atoms with van der Waals surface area (Å²) in [5.41, 5.74) is 1.87. The first-order valence-electron chi connectivity index (χ1n) is 6.77. The summed E-state index contributed by atoms with van der Waals surface area (Å²) in [5, 5.41) is 4.24. The number of nitrogens with zero attached hydrogens (tertiary/aromatic N) is 1. The third-order valence-corrected chi connectivity index (χ3v) is 3.93. The number of ether oxygens (including phenoxy) is 1. The van der Waals surface area contributed by atoms with Crippen molar-refractivity contribution in [3.05, 3.63) is 45.9 Å². The quantitative estimate of drug-likeness (QED) is 0.805. The van der Waals surface area contributed by atoms with Crippen LogP contribution in [0, 0.1) is 0 Å². The summed E-state index contributed by atoms with van der Waals surface area (Å²) in [5.74, 6) is 0.849. The van der Waals surface area contributed by atoms with Gasteiger partial charge < -0.3 is 10.1 Å². The molecule has 20 heavy (non-hydrogen) atoms. The van der Waals surface area contributed by atoms with E-state index in [0.717, 1.165) is 30.2 Å². The highest BCUT2D eigenvalue weighted by atomic mass is 35.5. The Morgan fingerprint density at radius 2 is 2.15 bits per heavy atom. The summed E-state index contributed by atoms with van der Waals surface area (Å²) < 4.78 is 5.83. The summed E-state index contributed by atoms with van der Waals surface area (Å²) in [7, 11) is 0. The second-order valence-corrected chi connectivity index (χ2v) is 6.00. The van der Waals surface area contributed by atoms with Gasteiger partial charge in [-0.3, -0.25) is 4.98 Å². The van der Waals surface area contributed by atoms with Crippen LogP contribution in [0.4, 0.5) is 0 Å². The number of nitrogens with one attached hydrogen (secondary N) is 1. The Morgan fingerprint density at radius 1 is 1.35 bits per heavy atom. The lowest BCUT2D eigenvalue weighted by Gasteiger charge is -2.18. The maximum atomic E-state index is 5.86. The molecule has 0 aliphatic rings. The van der Waals surface area contributed by atoms with E-state index >= 15 is 0 Å². The Labute approximate surface area is 129 Å². The molecular weight excluding hydrogens is 292 g/mol. The van der Waals surface area contributed by atoms with Gasteiger partial charge >= 0.3 is 0 Å². The van der Waals surface area contributed by atoms with Crippen molar-refractivity contribution in [3.63, 3.8) is 0 Å². The SMILES string of the molecule is CCCNC(COc1ccc(Cl)cc1)Cc1cncs1. The van der Waals surface area contributed by atoms with Crippen LogP contribution < -0.4 is 10.1 Å². The van der Waals surface area contributed by atoms with E-state index in [1.807, 2.05) is 36.0 Å². The smallest absolute Gasteiger partial charge is 0.119 e. The molecule has 108 valence electrons. The first-order valence-corrected chi connectivity index (χ1v) is 8.03. The fraction of sp³-hybridized carbons (Fsp3) is 0.400. The van der Waals surface area contributed by atoms with Crippen LogP contribution in [0.1, 0.15) is 18.2 Å². The van der Waals surface area contributed by atoms with E-state index in [1.54, 1.807) is 11.3 Å². The molecule has 0 bridgehead atoms. The number of hydrogen-bond donors (Lipinski definition) is 1. The number of benzene rings is 1. The van der Waals surface area contributed by atoms with Gasteiger partial charge in [-0.25, -0.2) is 0 Å². The molecule has 0 aliphatic carbocycles. The highest BCUT2D eigenvalue weighted by molar-refractivity contribution is 7.09. The Hall–Kier alpha value is -1.10. The Bertz CT molecular complexity index is 487. The molecule has 5 heteroatoms. The highest BCUT2D eigenvalue weighted by Crippen LogP contribution is 2.16. The number of hydrogen-bond acceptors (Lipinski definition) is 4. The van der Waals surface area contributed by atoms with Crippen LogP contribution in [0.25, 0.3) is 0 Å². The molecule has 0 spiro atoms. The topological polar surface area (TPSA) is 34.1 Å². The second kappa shape index (κ2) is 8.25. The molecule has 0 fully saturated rings. The third kappa shape index (κ3) is 5.12. The van der Waals surface area contributed by atoms with Crippen LogP contribution in [0.3, 0.4) is 0 Å². The molecule has 0 saturated carbocycles. The predicted octanol–water partition coefficient (Wildman–Crippen LogP) is 3.79. The van der Waals surface area contributed by atoms with Crippen LogP contribution in [0.5, 0.6) is 5.75 Å². The van der Waals surface area contributed by atoms with E-state index in [-0.39, 0.29) is 0 Å². The molecule has 0 saturated heterocycles. The number of thiazole rings is 1. The third-order valence-electron chi connectivity index (χ3n) is 2.88. The molecule has 1 unspecified atom stereocenters. The van der Waals surface area contributed by atoms with Crippen LogP contribution >= 0.6 is 22.9 Å². The van der Waals surface area contributed by atoms with E-state index in [1.165, 1.54) is 4.88 Å². The lowest BCUT2D eigenvalue weighted by molar-refractivity contribution is 0.263. The number of aromatic nitrogens is 1. The molecule has 3 nitrogen and oxygen atoms in total. The van der Waals surface area contributed by atoms with Crippen LogP contribution in [-0.4, -0.2) is 24.2 Å². The van der Waals surface area contributed by atoms with Gasteiger partial charge in [-0.05, 0) is 37.2 Å². The van der Waals surface area contributed by atoms with Crippen molar-refractivity contribution in [2.24, 2.45) is 0 Å². The van der Waals surface area contributed by atoms with E-state index in [9.17, 15) is 0 Å². The molecular formula is C15H19ClN2OS. The zero-order valence-corrected chi connectivity index (χ0v) is 13.1. The molecule has 1 heterocycles. The Kier molecular flexibility index (Phi) is 6.30. The number of rotatable bonds is 8. The fourth-order valence-corrected chi connectivity index (χ4v) is 2.65. The summed E-state index contributed by atoms with van der Waals surface area (Å²) in [4.78, 5) is 5.39. The molecule has 1 aromatic carbocycles. The minimum Gasteiger partial charge on any atom is -0.492 e. The van der Waals surface area contributed by atoms with Gasteiger partial charge in [0, 0.05) is 28.6 Å². The molecule has 2 aromatic rings. The van der Waals surface area contributed by atoms with Crippen molar-refractivity contribution >= 4 is 22.9 Å². The van der Waals surface area contributed by atoms with Gasteiger partial charge in [0.05, 0.1) is 5.51 Å². The summed E-state index contributed by atoms with van der Waals surface area (Å²) in [6, 6.07) is 7.77. The van der Waals surface area contributed by atoms with Gasteiger partial charge in [-0.1, -0.05) is 18.5 Å².